The molecule has 0 saturated carbocycles. The third kappa shape index (κ3) is 4.37. The number of nitrogens with one attached hydrogen (secondary N) is 1. The standard InChI is InChI=1S/C10H21N2.Y/c1-9(2)6-8(11-5)7-10(3,4)12-9;/h8,11H,6-7H2,1-5H3;/q-1;. The molecule has 1 radical (unpaired) electrons. The van der Waals surface area contributed by atoms with Gasteiger partial charge in [-0.1, -0.05) is 40.5 Å². The average Bonchev–Trinajstić information content (AvgIpc) is 1.80. The first-order chi connectivity index (χ1) is 5.35. The van der Waals surface area contributed by atoms with E-state index in [9.17, 15) is 0 Å². The molecule has 1 saturated heterocycles. The number of nitrogens with zero attached hydrogens (tertiary/aromatic N) is 1. The Morgan fingerprint density at radius 3 is 1.77 bits per heavy atom. The molecule has 3 heteroatoms. The van der Waals surface area contributed by atoms with Gasteiger partial charge in [-0.2, -0.15) is 0 Å². The fraction of sp³-hybridized carbons (Fsp3) is 1.00. The Bertz CT molecular complexity index is 150. The molecule has 75 valence electrons. The third-order valence-corrected chi connectivity index (χ3v) is 2.51. The van der Waals surface area contributed by atoms with Gasteiger partial charge in [-0.15, -0.1) is 11.1 Å². The van der Waals surface area contributed by atoms with Gasteiger partial charge in [-0.05, 0) is 7.05 Å². The molecular formula is C10H21N2Y-. The molecular weight excluding hydrogens is 237 g/mol. The van der Waals surface area contributed by atoms with Crippen LogP contribution in [0.2, 0.25) is 0 Å². The number of hydrogen-bond donors (Lipinski definition) is 1. The van der Waals surface area contributed by atoms with Gasteiger partial charge in [-0.25, -0.2) is 0 Å². The SMILES string of the molecule is CNC1CC(C)(C)[N-]C(C)(C)C1.[Y]. The number of piperidine rings is 1. The zero-order chi connectivity index (χ0) is 9.41. The van der Waals surface area contributed by atoms with Gasteiger partial charge in [0.15, 0.2) is 0 Å². The van der Waals surface area contributed by atoms with E-state index in [0.717, 1.165) is 12.8 Å². The van der Waals surface area contributed by atoms with Crippen molar-refractivity contribution in [3.63, 3.8) is 0 Å². The molecule has 0 unspecified atom stereocenters. The zero-order valence-electron chi connectivity index (χ0n) is 9.52. The Morgan fingerprint density at radius 1 is 1.08 bits per heavy atom. The van der Waals surface area contributed by atoms with E-state index in [4.69, 9.17) is 5.32 Å². The van der Waals surface area contributed by atoms with Gasteiger partial charge in [0.05, 0.1) is 0 Å². The van der Waals surface area contributed by atoms with Crippen molar-refractivity contribution in [2.45, 2.75) is 57.7 Å². The molecule has 0 aromatic rings. The summed E-state index contributed by atoms with van der Waals surface area (Å²) in [6.07, 6.45) is 2.32. The molecule has 0 aromatic carbocycles. The van der Waals surface area contributed by atoms with E-state index in [1.807, 2.05) is 7.05 Å². The van der Waals surface area contributed by atoms with Gasteiger partial charge in [0, 0.05) is 38.8 Å². The molecule has 1 N–H and O–H groups in total. The van der Waals surface area contributed by atoms with Crippen LogP contribution in [-0.4, -0.2) is 24.2 Å². The van der Waals surface area contributed by atoms with Gasteiger partial charge < -0.3 is 10.6 Å². The maximum absolute atomic E-state index is 4.80. The predicted molar refractivity (Wildman–Crippen MR) is 53.6 cm³/mol. The second kappa shape index (κ2) is 4.70. The van der Waals surface area contributed by atoms with E-state index in [0.29, 0.717) is 6.04 Å². The van der Waals surface area contributed by atoms with Crippen LogP contribution in [0.5, 0.6) is 0 Å². The first kappa shape index (κ1) is 14.0. The van der Waals surface area contributed by atoms with Crippen LogP contribution in [0.15, 0.2) is 0 Å². The first-order valence-corrected chi connectivity index (χ1v) is 4.76. The minimum absolute atomic E-state index is 0. The van der Waals surface area contributed by atoms with Gasteiger partial charge in [0.25, 0.3) is 0 Å². The monoisotopic (exact) mass is 258 g/mol. The molecule has 1 heterocycles. The van der Waals surface area contributed by atoms with Crippen LogP contribution in [0.25, 0.3) is 5.32 Å². The van der Waals surface area contributed by atoms with Crippen molar-refractivity contribution in [3.05, 3.63) is 5.32 Å². The fourth-order valence-electron chi connectivity index (χ4n) is 2.39. The molecule has 0 amide bonds. The Kier molecular flexibility index (Phi) is 5.07. The van der Waals surface area contributed by atoms with Crippen molar-refractivity contribution >= 4 is 0 Å². The number of rotatable bonds is 1. The molecule has 0 aromatic heterocycles. The second-order valence-electron chi connectivity index (χ2n) is 5.13. The summed E-state index contributed by atoms with van der Waals surface area (Å²) in [6, 6.07) is 0.632. The quantitative estimate of drug-likeness (QED) is 0.767. The van der Waals surface area contributed by atoms with E-state index in [1.54, 1.807) is 0 Å². The first-order valence-electron chi connectivity index (χ1n) is 4.76. The van der Waals surface area contributed by atoms with Crippen molar-refractivity contribution in [2.75, 3.05) is 7.05 Å². The van der Waals surface area contributed by atoms with E-state index < -0.39 is 0 Å². The van der Waals surface area contributed by atoms with Gasteiger partial charge >= 0.3 is 0 Å². The van der Waals surface area contributed by atoms with Crippen LogP contribution < -0.4 is 5.32 Å². The Labute approximate surface area is 108 Å². The molecule has 0 spiro atoms. The van der Waals surface area contributed by atoms with Crippen LogP contribution in [0.3, 0.4) is 0 Å². The summed E-state index contributed by atoms with van der Waals surface area (Å²) >= 11 is 0. The summed E-state index contributed by atoms with van der Waals surface area (Å²) in [6.45, 7) is 8.88. The van der Waals surface area contributed by atoms with Crippen molar-refractivity contribution < 1.29 is 32.7 Å². The normalized spacial score (nSPS) is 26.5. The molecule has 1 aliphatic heterocycles. The van der Waals surface area contributed by atoms with Gasteiger partial charge in [0.1, 0.15) is 0 Å². The second-order valence-corrected chi connectivity index (χ2v) is 5.13. The Hall–Kier alpha value is 1.02. The van der Waals surface area contributed by atoms with E-state index >= 15 is 0 Å². The summed E-state index contributed by atoms with van der Waals surface area (Å²) in [5, 5.41) is 8.16. The minimum Gasteiger partial charge on any atom is -0.652 e. The van der Waals surface area contributed by atoms with Crippen molar-refractivity contribution in [1.29, 1.82) is 0 Å². The maximum Gasteiger partial charge on any atom is 0.00410 e. The summed E-state index contributed by atoms with van der Waals surface area (Å²) < 4.78 is 0. The molecule has 0 aliphatic carbocycles. The molecule has 1 rings (SSSR count). The van der Waals surface area contributed by atoms with Crippen LogP contribution in [0, 0.1) is 0 Å². The minimum atomic E-state index is 0. The summed E-state index contributed by atoms with van der Waals surface area (Å²) in [5.74, 6) is 0. The largest absolute Gasteiger partial charge is 0.652 e. The van der Waals surface area contributed by atoms with E-state index in [-0.39, 0.29) is 43.8 Å². The van der Waals surface area contributed by atoms with Crippen molar-refractivity contribution in [1.82, 2.24) is 5.32 Å². The van der Waals surface area contributed by atoms with Crippen molar-refractivity contribution in [3.8, 4) is 0 Å². The topological polar surface area (TPSA) is 26.1 Å². The zero-order valence-corrected chi connectivity index (χ0v) is 12.4. The Morgan fingerprint density at radius 2 is 1.46 bits per heavy atom. The fourth-order valence-corrected chi connectivity index (χ4v) is 2.39. The molecule has 0 atom stereocenters. The summed E-state index contributed by atoms with van der Waals surface area (Å²) in [7, 11) is 2.04. The molecule has 13 heavy (non-hydrogen) atoms. The Balaban J connectivity index is 0.00000144. The van der Waals surface area contributed by atoms with Crippen LogP contribution in [0.4, 0.5) is 0 Å². The molecule has 1 aliphatic rings. The van der Waals surface area contributed by atoms with Crippen LogP contribution in [-0.2, 0) is 32.7 Å². The van der Waals surface area contributed by atoms with Crippen LogP contribution >= 0.6 is 0 Å². The van der Waals surface area contributed by atoms with Crippen molar-refractivity contribution in [2.24, 2.45) is 0 Å². The summed E-state index contributed by atoms with van der Waals surface area (Å²) in [5.41, 5.74) is 0.296. The third-order valence-electron chi connectivity index (χ3n) is 2.51. The average molecular weight is 258 g/mol. The molecule has 1 fully saturated rings. The summed E-state index contributed by atoms with van der Waals surface area (Å²) in [4.78, 5) is 0. The number of hydrogen-bond acceptors (Lipinski definition) is 1. The smallest absolute Gasteiger partial charge is 0.00410 e. The maximum atomic E-state index is 4.80. The van der Waals surface area contributed by atoms with Gasteiger partial charge in [0.2, 0.25) is 0 Å². The molecule has 2 nitrogen and oxygen atoms in total. The molecule has 0 bridgehead atoms. The van der Waals surface area contributed by atoms with Crippen LogP contribution in [0.1, 0.15) is 40.5 Å². The van der Waals surface area contributed by atoms with E-state index in [1.165, 1.54) is 0 Å². The van der Waals surface area contributed by atoms with Gasteiger partial charge in [-0.3, -0.25) is 0 Å². The predicted octanol–water partition coefficient (Wildman–Crippen LogP) is 2.30. The van der Waals surface area contributed by atoms with E-state index in [2.05, 4.69) is 33.0 Å².